The third kappa shape index (κ3) is 4.65. The predicted molar refractivity (Wildman–Crippen MR) is 72.6 cm³/mol. The number of para-hydroxylation sites is 1. The Balaban J connectivity index is 2.47. The van der Waals surface area contributed by atoms with E-state index in [1.807, 2.05) is 37.3 Å². The lowest BCUT2D eigenvalue weighted by Crippen LogP contribution is -2.02. The summed E-state index contributed by atoms with van der Waals surface area (Å²) in [6, 6.07) is 10.2. The molecule has 1 heteroatoms. The van der Waals surface area contributed by atoms with Gasteiger partial charge in [0.15, 0.2) is 0 Å². The Labute approximate surface area is 98.2 Å². The molecule has 0 saturated heterocycles. The zero-order valence-electron chi connectivity index (χ0n) is 9.98. The van der Waals surface area contributed by atoms with Gasteiger partial charge in [-0.1, -0.05) is 48.6 Å². The summed E-state index contributed by atoms with van der Waals surface area (Å²) in [6.07, 6.45) is 10.4. The summed E-state index contributed by atoms with van der Waals surface area (Å²) >= 11 is 0. The molecular weight excluding hydrogens is 194 g/mol. The molecule has 84 valence electrons. The van der Waals surface area contributed by atoms with Crippen LogP contribution in [0, 0.1) is 0 Å². The summed E-state index contributed by atoms with van der Waals surface area (Å²) in [6.45, 7) is 4.93. The Bertz CT molecular complexity index is 372. The predicted octanol–water partition coefficient (Wildman–Crippen LogP) is 4.18. The molecule has 0 heterocycles. The van der Waals surface area contributed by atoms with Gasteiger partial charge >= 0.3 is 0 Å². The number of rotatable bonds is 5. The summed E-state index contributed by atoms with van der Waals surface area (Å²) in [5.74, 6) is 0. The molecule has 1 aromatic carbocycles. The van der Waals surface area contributed by atoms with Crippen LogP contribution >= 0.6 is 0 Å². The molecule has 1 aromatic rings. The quantitative estimate of drug-likeness (QED) is 0.724. The number of hydrogen-bond donors (Lipinski definition) is 1. The molecule has 0 unspecified atom stereocenters. The normalized spacial score (nSPS) is 12.5. The van der Waals surface area contributed by atoms with Crippen LogP contribution in [0.25, 0.3) is 0 Å². The van der Waals surface area contributed by atoms with Crippen LogP contribution in [-0.2, 0) is 0 Å². The molecule has 1 rings (SSSR count). The highest BCUT2D eigenvalue weighted by Gasteiger charge is 1.91. The molecule has 0 aromatic heterocycles. The molecule has 0 aliphatic heterocycles. The smallest absolute Gasteiger partial charge is 0.0397 e. The average molecular weight is 213 g/mol. The zero-order chi connectivity index (χ0) is 11.6. The molecule has 1 N–H and O–H groups in total. The lowest BCUT2D eigenvalue weighted by atomic mass is 10.2. The van der Waals surface area contributed by atoms with Crippen molar-refractivity contribution in [2.24, 2.45) is 0 Å². The molecular formula is C15H19N. The van der Waals surface area contributed by atoms with Crippen molar-refractivity contribution in [3.8, 4) is 0 Å². The van der Waals surface area contributed by atoms with Crippen molar-refractivity contribution < 1.29 is 0 Å². The largest absolute Gasteiger partial charge is 0.381 e. The van der Waals surface area contributed by atoms with Crippen LogP contribution in [0.1, 0.15) is 13.8 Å². The molecule has 0 aliphatic carbocycles. The van der Waals surface area contributed by atoms with Crippen molar-refractivity contribution in [2.45, 2.75) is 13.8 Å². The standard InChI is InChI=1S/C15H19N/c1-3-5-7-10-14(4-2)13-16-15-11-8-6-9-12-15/h3-12,16H,13H2,1-2H3/b5-3-,10-7-,14-4+. The number of allylic oxidation sites excluding steroid dienone is 4. The molecule has 0 amide bonds. The van der Waals surface area contributed by atoms with Crippen LogP contribution in [0.5, 0.6) is 0 Å². The number of benzene rings is 1. The van der Waals surface area contributed by atoms with Crippen LogP contribution in [0.3, 0.4) is 0 Å². The fourth-order valence-corrected chi connectivity index (χ4v) is 1.31. The van der Waals surface area contributed by atoms with E-state index in [0.717, 1.165) is 12.2 Å². The van der Waals surface area contributed by atoms with E-state index in [1.54, 1.807) is 0 Å². The van der Waals surface area contributed by atoms with E-state index < -0.39 is 0 Å². The molecule has 0 fully saturated rings. The van der Waals surface area contributed by atoms with Gasteiger partial charge in [0.2, 0.25) is 0 Å². The lowest BCUT2D eigenvalue weighted by Gasteiger charge is -2.06. The first kappa shape index (κ1) is 12.3. The summed E-state index contributed by atoms with van der Waals surface area (Å²) in [4.78, 5) is 0. The number of anilines is 1. The van der Waals surface area contributed by atoms with E-state index >= 15 is 0 Å². The second-order valence-corrected chi connectivity index (χ2v) is 3.47. The highest BCUT2D eigenvalue weighted by Crippen LogP contribution is 2.06. The minimum atomic E-state index is 0.856. The Morgan fingerprint density at radius 1 is 1.12 bits per heavy atom. The van der Waals surface area contributed by atoms with Gasteiger partial charge in [-0.25, -0.2) is 0 Å². The van der Waals surface area contributed by atoms with E-state index in [4.69, 9.17) is 0 Å². The Morgan fingerprint density at radius 2 is 1.88 bits per heavy atom. The first-order valence-corrected chi connectivity index (χ1v) is 5.60. The fraction of sp³-hybridized carbons (Fsp3) is 0.200. The van der Waals surface area contributed by atoms with E-state index in [-0.39, 0.29) is 0 Å². The maximum Gasteiger partial charge on any atom is 0.0397 e. The van der Waals surface area contributed by atoms with Gasteiger partial charge in [-0.3, -0.25) is 0 Å². The van der Waals surface area contributed by atoms with Crippen molar-refractivity contribution in [2.75, 3.05) is 11.9 Å². The van der Waals surface area contributed by atoms with E-state index in [2.05, 4.69) is 42.6 Å². The zero-order valence-corrected chi connectivity index (χ0v) is 9.98. The fourth-order valence-electron chi connectivity index (χ4n) is 1.31. The van der Waals surface area contributed by atoms with Crippen molar-refractivity contribution in [3.63, 3.8) is 0 Å². The van der Waals surface area contributed by atoms with E-state index in [9.17, 15) is 0 Å². The molecule has 16 heavy (non-hydrogen) atoms. The van der Waals surface area contributed by atoms with Crippen LogP contribution in [0.2, 0.25) is 0 Å². The second kappa shape index (κ2) is 7.52. The minimum absolute atomic E-state index is 0.856. The van der Waals surface area contributed by atoms with Crippen LogP contribution in [0.15, 0.2) is 66.3 Å². The Kier molecular flexibility index (Phi) is 5.79. The minimum Gasteiger partial charge on any atom is -0.381 e. The van der Waals surface area contributed by atoms with E-state index in [1.165, 1.54) is 5.57 Å². The van der Waals surface area contributed by atoms with Gasteiger partial charge in [0, 0.05) is 12.2 Å². The van der Waals surface area contributed by atoms with Crippen molar-refractivity contribution in [1.82, 2.24) is 0 Å². The third-order valence-electron chi connectivity index (χ3n) is 2.26. The Morgan fingerprint density at radius 3 is 2.50 bits per heavy atom. The average Bonchev–Trinajstić information content (AvgIpc) is 2.35. The molecule has 0 atom stereocenters. The van der Waals surface area contributed by atoms with Gasteiger partial charge < -0.3 is 5.32 Å². The van der Waals surface area contributed by atoms with Gasteiger partial charge in [0.25, 0.3) is 0 Å². The SMILES string of the molecule is C\C=C/C=C\C(=C/C)CNc1ccccc1. The second-order valence-electron chi connectivity index (χ2n) is 3.47. The number of nitrogens with one attached hydrogen (secondary N) is 1. The third-order valence-corrected chi connectivity index (χ3v) is 2.26. The summed E-state index contributed by atoms with van der Waals surface area (Å²) in [5, 5.41) is 3.38. The van der Waals surface area contributed by atoms with Gasteiger partial charge in [0.05, 0.1) is 0 Å². The lowest BCUT2D eigenvalue weighted by molar-refractivity contribution is 1.25. The van der Waals surface area contributed by atoms with Gasteiger partial charge in [-0.15, -0.1) is 0 Å². The first-order chi connectivity index (χ1) is 7.86. The van der Waals surface area contributed by atoms with Crippen molar-refractivity contribution in [3.05, 3.63) is 66.3 Å². The van der Waals surface area contributed by atoms with E-state index in [0.29, 0.717) is 0 Å². The van der Waals surface area contributed by atoms with Gasteiger partial charge in [-0.2, -0.15) is 0 Å². The van der Waals surface area contributed by atoms with Gasteiger partial charge in [0.1, 0.15) is 0 Å². The number of hydrogen-bond acceptors (Lipinski definition) is 1. The topological polar surface area (TPSA) is 12.0 Å². The monoisotopic (exact) mass is 213 g/mol. The molecule has 0 saturated carbocycles. The van der Waals surface area contributed by atoms with Crippen LogP contribution in [0.4, 0.5) is 5.69 Å². The maximum absolute atomic E-state index is 3.38. The molecule has 0 spiro atoms. The summed E-state index contributed by atoms with van der Waals surface area (Å²) in [5.41, 5.74) is 2.43. The van der Waals surface area contributed by atoms with Gasteiger partial charge in [-0.05, 0) is 31.6 Å². The molecule has 0 bridgehead atoms. The van der Waals surface area contributed by atoms with Crippen LogP contribution in [-0.4, -0.2) is 6.54 Å². The maximum atomic E-state index is 3.38. The molecule has 0 radical (unpaired) electrons. The van der Waals surface area contributed by atoms with Crippen LogP contribution < -0.4 is 5.32 Å². The molecule has 1 nitrogen and oxygen atoms in total. The summed E-state index contributed by atoms with van der Waals surface area (Å²) in [7, 11) is 0. The Hall–Kier alpha value is -1.76. The highest BCUT2D eigenvalue weighted by molar-refractivity contribution is 5.44. The van der Waals surface area contributed by atoms with Crippen molar-refractivity contribution >= 4 is 5.69 Å². The highest BCUT2D eigenvalue weighted by atomic mass is 14.9. The molecule has 0 aliphatic rings. The van der Waals surface area contributed by atoms with Crippen molar-refractivity contribution in [1.29, 1.82) is 0 Å². The first-order valence-electron chi connectivity index (χ1n) is 5.60. The summed E-state index contributed by atoms with van der Waals surface area (Å²) < 4.78 is 0.